The smallest absolute Gasteiger partial charge is 0.253 e. The lowest BCUT2D eigenvalue weighted by Gasteiger charge is -2.16. The molecule has 108 valence electrons. The molecule has 0 saturated heterocycles. The molecule has 0 saturated carbocycles. The molecule has 0 atom stereocenters. The second kappa shape index (κ2) is 6.77. The Morgan fingerprint density at radius 3 is 2.70 bits per heavy atom. The Labute approximate surface area is 129 Å². The van der Waals surface area contributed by atoms with E-state index < -0.39 is 0 Å². The zero-order valence-electron chi connectivity index (χ0n) is 11.6. The van der Waals surface area contributed by atoms with Crippen molar-refractivity contribution in [1.29, 1.82) is 0 Å². The topological polar surface area (TPSA) is 38.1 Å². The summed E-state index contributed by atoms with van der Waals surface area (Å²) < 4.78 is 1.75. The Hall–Kier alpha value is -1.52. The largest absolute Gasteiger partial charge is 0.337 e. The van der Waals surface area contributed by atoms with Crippen LogP contribution in [-0.4, -0.2) is 27.6 Å². The van der Waals surface area contributed by atoms with Crippen molar-refractivity contribution in [3.05, 3.63) is 52.3 Å². The van der Waals surface area contributed by atoms with Gasteiger partial charge >= 0.3 is 0 Å². The van der Waals surface area contributed by atoms with E-state index in [1.807, 2.05) is 20.2 Å². The van der Waals surface area contributed by atoms with Gasteiger partial charge in [0.2, 0.25) is 0 Å². The normalized spacial score (nSPS) is 10.0. The zero-order valence-corrected chi connectivity index (χ0v) is 13.2. The van der Waals surface area contributed by atoms with Gasteiger partial charge in [-0.15, -0.1) is 12.4 Å². The molecule has 0 fully saturated rings. The maximum Gasteiger partial charge on any atom is 0.253 e. The van der Waals surface area contributed by atoms with E-state index in [9.17, 15) is 4.79 Å². The molecule has 2 rings (SSSR count). The predicted octanol–water partition coefficient (Wildman–Crippen LogP) is 3.08. The summed E-state index contributed by atoms with van der Waals surface area (Å²) in [4.78, 5) is 13.9. The molecule has 0 aliphatic carbocycles. The van der Waals surface area contributed by atoms with Crippen molar-refractivity contribution in [2.24, 2.45) is 7.05 Å². The van der Waals surface area contributed by atoms with Crippen LogP contribution < -0.4 is 0 Å². The van der Waals surface area contributed by atoms with Gasteiger partial charge in [-0.1, -0.05) is 17.7 Å². The van der Waals surface area contributed by atoms with Crippen LogP contribution in [0.2, 0.25) is 5.02 Å². The van der Waals surface area contributed by atoms with Crippen molar-refractivity contribution in [3.8, 4) is 0 Å². The quantitative estimate of drug-likeness (QED) is 0.873. The van der Waals surface area contributed by atoms with Crippen molar-refractivity contribution >= 4 is 29.9 Å². The minimum Gasteiger partial charge on any atom is -0.337 e. The van der Waals surface area contributed by atoms with Crippen LogP contribution in [0.1, 0.15) is 21.6 Å². The van der Waals surface area contributed by atoms with E-state index in [-0.39, 0.29) is 18.3 Å². The van der Waals surface area contributed by atoms with E-state index in [1.54, 1.807) is 40.9 Å². The number of hydrogen-bond donors (Lipinski definition) is 0. The third-order valence-corrected chi connectivity index (χ3v) is 3.18. The summed E-state index contributed by atoms with van der Waals surface area (Å²) in [6, 6.07) is 6.97. The number of carbonyl (C=O) groups excluding carboxylic acids is 1. The molecule has 2 aromatic rings. The Balaban J connectivity index is 0.00000200. The Morgan fingerprint density at radius 1 is 1.45 bits per heavy atom. The maximum atomic E-state index is 12.3. The Morgan fingerprint density at radius 2 is 2.15 bits per heavy atom. The molecule has 0 radical (unpaired) electrons. The standard InChI is InChI=1S/C14H16ClN3O.ClH/c1-10-12(9-18(3)16-10)8-17(2)14(19)11-5-4-6-13(15)7-11;/h4-7,9H,8H2,1-3H3;1H. The molecule has 0 aliphatic rings. The van der Waals surface area contributed by atoms with Gasteiger partial charge in [0.05, 0.1) is 5.69 Å². The number of nitrogens with zero attached hydrogens (tertiary/aromatic N) is 3. The Kier molecular flexibility index (Phi) is 5.60. The van der Waals surface area contributed by atoms with Gasteiger partial charge < -0.3 is 4.90 Å². The van der Waals surface area contributed by atoms with Gasteiger partial charge in [-0.2, -0.15) is 5.10 Å². The molecule has 6 heteroatoms. The van der Waals surface area contributed by atoms with Gasteiger partial charge in [-0.05, 0) is 25.1 Å². The fourth-order valence-corrected chi connectivity index (χ4v) is 2.16. The summed E-state index contributed by atoms with van der Waals surface area (Å²) >= 11 is 5.90. The number of halogens is 2. The SMILES string of the molecule is Cc1nn(C)cc1CN(C)C(=O)c1cccc(Cl)c1.Cl. The van der Waals surface area contributed by atoms with Crippen LogP contribution in [0.3, 0.4) is 0 Å². The second-order valence-electron chi connectivity index (χ2n) is 4.58. The second-order valence-corrected chi connectivity index (χ2v) is 5.02. The van der Waals surface area contributed by atoms with Crippen LogP contribution in [0, 0.1) is 6.92 Å². The van der Waals surface area contributed by atoms with Gasteiger partial charge in [0.25, 0.3) is 5.91 Å². The average molecular weight is 314 g/mol. The average Bonchev–Trinajstić information content (AvgIpc) is 2.66. The van der Waals surface area contributed by atoms with E-state index in [2.05, 4.69) is 5.10 Å². The van der Waals surface area contributed by atoms with Crippen LogP contribution in [0.25, 0.3) is 0 Å². The molecule has 1 heterocycles. The number of benzene rings is 1. The van der Waals surface area contributed by atoms with Crippen LogP contribution in [0.4, 0.5) is 0 Å². The first-order valence-electron chi connectivity index (χ1n) is 5.97. The van der Waals surface area contributed by atoms with Gasteiger partial charge in [-0.25, -0.2) is 0 Å². The first kappa shape index (κ1) is 16.5. The molecule has 0 spiro atoms. The van der Waals surface area contributed by atoms with Crippen molar-refractivity contribution in [1.82, 2.24) is 14.7 Å². The summed E-state index contributed by atoms with van der Waals surface area (Å²) in [5.41, 5.74) is 2.57. The highest BCUT2D eigenvalue weighted by Crippen LogP contribution is 2.14. The number of rotatable bonds is 3. The summed E-state index contributed by atoms with van der Waals surface area (Å²) in [7, 11) is 3.64. The number of hydrogen-bond acceptors (Lipinski definition) is 2. The van der Waals surface area contributed by atoms with E-state index in [0.29, 0.717) is 17.1 Å². The van der Waals surface area contributed by atoms with Gasteiger partial charge in [0.15, 0.2) is 0 Å². The van der Waals surface area contributed by atoms with E-state index >= 15 is 0 Å². The maximum absolute atomic E-state index is 12.3. The summed E-state index contributed by atoms with van der Waals surface area (Å²) in [6.07, 6.45) is 1.93. The number of carbonyl (C=O) groups is 1. The first-order valence-corrected chi connectivity index (χ1v) is 6.35. The highest BCUT2D eigenvalue weighted by Gasteiger charge is 2.14. The van der Waals surface area contributed by atoms with Crippen molar-refractivity contribution in [2.45, 2.75) is 13.5 Å². The van der Waals surface area contributed by atoms with Crippen molar-refractivity contribution in [3.63, 3.8) is 0 Å². The highest BCUT2D eigenvalue weighted by molar-refractivity contribution is 6.30. The fourth-order valence-electron chi connectivity index (χ4n) is 1.97. The molecule has 0 N–H and O–H groups in total. The molecular formula is C14H17Cl2N3O. The monoisotopic (exact) mass is 313 g/mol. The molecular weight excluding hydrogens is 297 g/mol. The third-order valence-electron chi connectivity index (χ3n) is 2.94. The molecule has 1 aromatic carbocycles. The predicted molar refractivity (Wildman–Crippen MR) is 82.4 cm³/mol. The first-order chi connectivity index (χ1) is 8.97. The minimum absolute atomic E-state index is 0. The van der Waals surface area contributed by atoms with Crippen LogP contribution in [-0.2, 0) is 13.6 Å². The summed E-state index contributed by atoms with van der Waals surface area (Å²) in [5, 5.41) is 4.83. The lowest BCUT2D eigenvalue weighted by Crippen LogP contribution is -2.26. The molecule has 1 amide bonds. The third kappa shape index (κ3) is 3.74. The van der Waals surface area contributed by atoms with Gasteiger partial charge in [0, 0.05) is 43.0 Å². The van der Waals surface area contributed by atoms with Crippen molar-refractivity contribution < 1.29 is 4.79 Å². The van der Waals surface area contributed by atoms with E-state index in [4.69, 9.17) is 11.6 Å². The minimum atomic E-state index is -0.0502. The van der Waals surface area contributed by atoms with Gasteiger partial charge in [0.1, 0.15) is 0 Å². The van der Waals surface area contributed by atoms with E-state index in [1.165, 1.54) is 0 Å². The van der Waals surface area contributed by atoms with Crippen LogP contribution in [0.15, 0.2) is 30.5 Å². The molecule has 20 heavy (non-hydrogen) atoms. The molecule has 0 aliphatic heterocycles. The lowest BCUT2D eigenvalue weighted by atomic mass is 10.2. The van der Waals surface area contributed by atoms with Crippen LogP contribution in [0.5, 0.6) is 0 Å². The molecule has 0 unspecified atom stereocenters. The number of aromatic nitrogens is 2. The fraction of sp³-hybridized carbons (Fsp3) is 0.286. The summed E-state index contributed by atoms with van der Waals surface area (Å²) in [5.74, 6) is -0.0502. The van der Waals surface area contributed by atoms with Crippen molar-refractivity contribution in [2.75, 3.05) is 7.05 Å². The summed E-state index contributed by atoms with van der Waals surface area (Å²) in [6.45, 7) is 2.47. The lowest BCUT2D eigenvalue weighted by molar-refractivity contribution is 0.0785. The number of amides is 1. The van der Waals surface area contributed by atoms with Crippen LogP contribution >= 0.6 is 24.0 Å². The molecule has 0 bridgehead atoms. The Bertz CT molecular complexity index is 610. The molecule has 4 nitrogen and oxygen atoms in total. The number of aryl methyl sites for hydroxylation is 2. The molecule has 1 aromatic heterocycles. The van der Waals surface area contributed by atoms with E-state index in [0.717, 1.165) is 11.3 Å². The van der Waals surface area contributed by atoms with Gasteiger partial charge in [-0.3, -0.25) is 9.48 Å². The zero-order chi connectivity index (χ0) is 14.0. The highest BCUT2D eigenvalue weighted by atomic mass is 35.5.